The minimum absolute atomic E-state index is 0.755. The summed E-state index contributed by atoms with van der Waals surface area (Å²) in [6.45, 7) is 5.00. The van der Waals surface area contributed by atoms with Gasteiger partial charge in [-0.1, -0.05) is 17.7 Å². The predicted octanol–water partition coefficient (Wildman–Crippen LogP) is 2.97. The van der Waals surface area contributed by atoms with Crippen molar-refractivity contribution in [3.05, 3.63) is 41.3 Å². The molecule has 0 fully saturated rings. The van der Waals surface area contributed by atoms with E-state index < -0.39 is 0 Å². The van der Waals surface area contributed by atoms with Gasteiger partial charge in [0.1, 0.15) is 5.82 Å². The van der Waals surface area contributed by atoms with Crippen LogP contribution in [0.1, 0.15) is 29.8 Å². The zero-order valence-electron chi connectivity index (χ0n) is 11.2. The average Bonchev–Trinajstić information content (AvgIpc) is 2.81. The fourth-order valence-electron chi connectivity index (χ4n) is 2.09. The van der Waals surface area contributed by atoms with Gasteiger partial charge >= 0.3 is 0 Å². The third kappa shape index (κ3) is 2.99. The van der Waals surface area contributed by atoms with Crippen molar-refractivity contribution in [1.82, 2.24) is 9.97 Å². The average molecular weight is 243 g/mol. The largest absolute Gasteiger partial charge is 0.342 e. The number of nitrogens with two attached hydrogens (primary N) is 1. The molecule has 0 amide bonds. The Kier molecular flexibility index (Phi) is 4.15. The number of nitrogens with zero attached hydrogens (tertiary/aromatic N) is 1. The molecule has 0 radical (unpaired) electrons. The van der Waals surface area contributed by atoms with E-state index in [1.54, 1.807) is 0 Å². The number of rotatable bonds is 5. The van der Waals surface area contributed by atoms with Crippen LogP contribution in [-0.2, 0) is 6.42 Å². The molecule has 0 bridgehead atoms. The van der Waals surface area contributed by atoms with Crippen molar-refractivity contribution in [3.63, 3.8) is 0 Å². The summed E-state index contributed by atoms with van der Waals surface area (Å²) >= 11 is 0. The van der Waals surface area contributed by atoms with Crippen LogP contribution in [0, 0.1) is 13.8 Å². The van der Waals surface area contributed by atoms with Gasteiger partial charge in [0.25, 0.3) is 0 Å². The molecule has 18 heavy (non-hydrogen) atoms. The number of hydrogen-bond donors (Lipinski definition) is 2. The van der Waals surface area contributed by atoms with Gasteiger partial charge in [-0.05, 0) is 44.9 Å². The van der Waals surface area contributed by atoms with Gasteiger partial charge in [0.2, 0.25) is 0 Å². The second-order valence-electron chi connectivity index (χ2n) is 4.81. The molecule has 1 heterocycles. The van der Waals surface area contributed by atoms with E-state index in [-0.39, 0.29) is 0 Å². The fraction of sp³-hybridized carbons (Fsp3) is 0.400. The number of benzene rings is 1. The summed E-state index contributed by atoms with van der Waals surface area (Å²) in [6, 6.07) is 6.49. The van der Waals surface area contributed by atoms with Gasteiger partial charge in [0.15, 0.2) is 0 Å². The van der Waals surface area contributed by atoms with Crippen LogP contribution in [0.3, 0.4) is 0 Å². The Balaban J connectivity index is 2.16. The molecule has 0 spiro atoms. The molecule has 0 aliphatic heterocycles. The smallest absolute Gasteiger partial charge is 0.106 e. The third-order valence-electron chi connectivity index (χ3n) is 3.18. The van der Waals surface area contributed by atoms with Crippen molar-refractivity contribution in [2.45, 2.75) is 33.1 Å². The monoisotopic (exact) mass is 243 g/mol. The Morgan fingerprint density at radius 1 is 1.22 bits per heavy atom. The second kappa shape index (κ2) is 5.83. The van der Waals surface area contributed by atoms with E-state index in [1.807, 2.05) is 6.20 Å². The van der Waals surface area contributed by atoms with Crippen molar-refractivity contribution in [2.75, 3.05) is 6.54 Å². The predicted molar refractivity (Wildman–Crippen MR) is 75.5 cm³/mol. The van der Waals surface area contributed by atoms with Crippen LogP contribution < -0.4 is 5.73 Å². The summed E-state index contributed by atoms with van der Waals surface area (Å²) in [4.78, 5) is 7.84. The lowest BCUT2D eigenvalue weighted by Gasteiger charge is -2.04. The van der Waals surface area contributed by atoms with Crippen LogP contribution >= 0.6 is 0 Å². The zero-order valence-corrected chi connectivity index (χ0v) is 11.2. The third-order valence-corrected chi connectivity index (χ3v) is 3.18. The van der Waals surface area contributed by atoms with Crippen LogP contribution in [0.5, 0.6) is 0 Å². The summed E-state index contributed by atoms with van der Waals surface area (Å²) < 4.78 is 0. The van der Waals surface area contributed by atoms with Gasteiger partial charge in [0, 0.05) is 12.0 Å². The molecule has 96 valence electrons. The van der Waals surface area contributed by atoms with E-state index in [1.165, 1.54) is 16.7 Å². The molecule has 0 unspecified atom stereocenters. The van der Waals surface area contributed by atoms with E-state index in [0.717, 1.165) is 37.3 Å². The van der Waals surface area contributed by atoms with Gasteiger partial charge in [-0.3, -0.25) is 0 Å². The lowest BCUT2D eigenvalue weighted by Crippen LogP contribution is -1.99. The lowest BCUT2D eigenvalue weighted by molar-refractivity contribution is 0.723. The molecule has 0 atom stereocenters. The highest BCUT2D eigenvalue weighted by atomic mass is 14.9. The first-order valence-electron chi connectivity index (χ1n) is 6.52. The number of nitrogens with one attached hydrogen (secondary N) is 1. The number of hydrogen-bond acceptors (Lipinski definition) is 2. The van der Waals surface area contributed by atoms with Crippen LogP contribution in [0.2, 0.25) is 0 Å². The molecule has 0 saturated carbocycles. The molecule has 0 saturated heterocycles. The zero-order chi connectivity index (χ0) is 13.0. The van der Waals surface area contributed by atoms with E-state index in [9.17, 15) is 0 Å². The minimum atomic E-state index is 0.755. The first-order valence-corrected chi connectivity index (χ1v) is 6.52. The number of imidazole rings is 1. The molecular formula is C15H21N3. The highest BCUT2D eigenvalue weighted by Crippen LogP contribution is 2.23. The molecule has 2 rings (SSSR count). The fourth-order valence-corrected chi connectivity index (χ4v) is 2.09. The van der Waals surface area contributed by atoms with Gasteiger partial charge in [-0.2, -0.15) is 0 Å². The SMILES string of the molecule is Cc1ccc(C)c(-c2cnc(CCCCN)[nH]2)c1. The highest BCUT2D eigenvalue weighted by molar-refractivity contribution is 5.63. The van der Waals surface area contributed by atoms with Gasteiger partial charge in [-0.15, -0.1) is 0 Å². The molecule has 3 N–H and O–H groups in total. The standard InChI is InChI=1S/C15H21N3/c1-11-6-7-12(2)13(9-11)14-10-17-15(18-14)5-3-4-8-16/h6-7,9-10H,3-5,8,16H2,1-2H3,(H,17,18). The molecule has 2 aromatic rings. The molecule has 0 aliphatic carbocycles. The number of aromatic nitrogens is 2. The Morgan fingerprint density at radius 3 is 2.83 bits per heavy atom. The molecule has 3 nitrogen and oxygen atoms in total. The molecule has 0 aliphatic rings. The minimum Gasteiger partial charge on any atom is -0.342 e. The molecular weight excluding hydrogens is 222 g/mol. The van der Waals surface area contributed by atoms with Crippen LogP contribution in [-0.4, -0.2) is 16.5 Å². The van der Waals surface area contributed by atoms with E-state index in [2.05, 4.69) is 42.0 Å². The topological polar surface area (TPSA) is 54.7 Å². The Labute approximate surface area is 108 Å². The van der Waals surface area contributed by atoms with Crippen molar-refractivity contribution in [1.29, 1.82) is 0 Å². The second-order valence-corrected chi connectivity index (χ2v) is 4.81. The maximum Gasteiger partial charge on any atom is 0.106 e. The summed E-state index contributed by atoms with van der Waals surface area (Å²) in [5, 5.41) is 0. The van der Waals surface area contributed by atoms with Crippen LogP contribution in [0.15, 0.2) is 24.4 Å². The van der Waals surface area contributed by atoms with E-state index in [4.69, 9.17) is 5.73 Å². The van der Waals surface area contributed by atoms with E-state index >= 15 is 0 Å². The maximum atomic E-state index is 5.49. The quantitative estimate of drug-likeness (QED) is 0.793. The van der Waals surface area contributed by atoms with Crippen molar-refractivity contribution < 1.29 is 0 Å². The number of aryl methyl sites for hydroxylation is 3. The Morgan fingerprint density at radius 2 is 2.06 bits per heavy atom. The van der Waals surface area contributed by atoms with E-state index in [0.29, 0.717) is 0 Å². The first kappa shape index (κ1) is 12.8. The molecule has 3 heteroatoms. The first-order chi connectivity index (χ1) is 8.70. The van der Waals surface area contributed by atoms with Crippen molar-refractivity contribution >= 4 is 0 Å². The van der Waals surface area contributed by atoms with Crippen molar-refractivity contribution in [2.24, 2.45) is 5.73 Å². The highest BCUT2D eigenvalue weighted by Gasteiger charge is 2.06. The number of aromatic amines is 1. The van der Waals surface area contributed by atoms with Gasteiger partial charge < -0.3 is 10.7 Å². The van der Waals surface area contributed by atoms with Crippen molar-refractivity contribution in [3.8, 4) is 11.3 Å². The maximum absolute atomic E-state index is 5.49. The summed E-state index contributed by atoms with van der Waals surface area (Å²) in [6.07, 6.45) is 5.05. The Bertz CT molecular complexity index is 514. The normalized spacial score (nSPS) is 10.8. The summed E-state index contributed by atoms with van der Waals surface area (Å²) in [5.41, 5.74) is 10.4. The Hall–Kier alpha value is -1.61. The molecule has 1 aromatic heterocycles. The number of unbranched alkanes of at least 4 members (excludes halogenated alkanes) is 1. The lowest BCUT2D eigenvalue weighted by atomic mass is 10.0. The molecule has 1 aromatic carbocycles. The number of H-pyrrole nitrogens is 1. The van der Waals surface area contributed by atoms with Crippen LogP contribution in [0.4, 0.5) is 0 Å². The summed E-state index contributed by atoms with van der Waals surface area (Å²) in [7, 11) is 0. The van der Waals surface area contributed by atoms with Gasteiger partial charge in [0.05, 0.1) is 11.9 Å². The van der Waals surface area contributed by atoms with Gasteiger partial charge in [-0.25, -0.2) is 4.98 Å². The summed E-state index contributed by atoms with van der Waals surface area (Å²) in [5.74, 6) is 1.05. The van der Waals surface area contributed by atoms with Crippen LogP contribution in [0.25, 0.3) is 11.3 Å².